The third kappa shape index (κ3) is 5.42. The number of carbonyl (C=O) groups excluding carboxylic acids is 2. The number of halogens is 3. The number of carbonyl (C=O) groups is 2. The fourth-order valence-electron chi connectivity index (χ4n) is 2.17. The van der Waals surface area contributed by atoms with Crippen molar-refractivity contribution < 1.29 is 14.1 Å². The van der Waals surface area contributed by atoms with Crippen molar-refractivity contribution in [3.63, 3.8) is 0 Å². The molecule has 0 atom stereocenters. The number of nitrogens with one attached hydrogen (secondary N) is 2. The fraction of sp³-hybridized carbons (Fsp3) is 0.188. The van der Waals surface area contributed by atoms with E-state index in [0.717, 1.165) is 3.57 Å². The highest BCUT2D eigenvalue weighted by Gasteiger charge is 2.16. The zero-order valence-corrected chi connectivity index (χ0v) is 17.8. The van der Waals surface area contributed by atoms with Gasteiger partial charge < -0.3 is 15.2 Å². The second kappa shape index (κ2) is 9.34. The Morgan fingerprint density at radius 1 is 1.18 bits per heavy atom. The first kappa shape index (κ1) is 20.6. The largest absolute Gasteiger partial charge is 0.350 e. The number of hydrogen-bond donors (Lipinski definition) is 2. The van der Waals surface area contributed by atoms with Crippen LogP contribution in [0, 0.1) is 3.57 Å². The smallest absolute Gasteiger partial charge is 0.316 e. The van der Waals surface area contributed by atoms with Crippen molar-refractivity contribution in [1.82, 2.24) is 30.6 Å². The van der Waals surface area contributed by atoms with Gasteiger partial charge in [-0.05, 0) is 40.8 Å². The quantitative estimate of drug-likeness (QED) is 0.355. The lowest BCUT2D eigenvalue weighted by Crippen LogP contribution is -2.35. The first-order chi connectivity index (χ1) is 13.4. The average Bonchev–Trinajstić information content (AvgIpc) is 3.29. The molecule has 28 heavy (non-hydrogen) atoms. The lowest BCUT2D eigenvalue weighted by Gasteiger charge is -2.07. The van der Waals surface area contributed by atoms with Crippen LogP contribution in [0.25, 0.3) is 0 Å². The molecule has 0 aliphatic carbocycles. The van der Waals surface area contributed by atoms with Gasteiger partial charge in [-0.2, -0.15) is 10.1 Å². The summed E-state index contributed by atoms with van der Waals surface area (Å²) in [6, 6.07) is 4.60. The van der Waals surface area contributed by atoms with E-state index in [4.69, 9.17) is 27.7 Å². The number of hydrogen-bond acceptors (Lipinski definition) is 6. The Bertz CT molecular complexity index is 1010. The molecule has 0 spiro atoms. The van der Waals surface area contributed by atoms with Crippen LogP contribution < -0.4 is 10.6 Å². The van der Waals surface area contributed by atoms with E-state index in [-0.39, 0.29) is 36.1 Å². The van der Waals surface area contributed by atoms with Gasteiger partial charge in [0.05, 0.1) is 20.4 Å². The highest BCUT2D eigenvalue weighted by atomic mass is 127. The van der Waals surface area contributed by atoms with E-state index in [0.29, 0.717) is 10.8 Å². The maximum atomic E-state index is 12.1. The maximum absolute atomic E-state index is 12.1. The molecule has 0 fully saturated rings. The molecule has 2 aromatic heterocycles. The molecule has 2 heterocycles. The minimum absolute atomic E-state index is 0.165. The first-order valence-corrected chi connectivity index (χ1v) is 9.78. The molecule has 1 aromatic carbocycles. The minimum Gasteiger partial charge on any atom is -0.350 e. The lowest BCUT2D eigenvalue weighted by molar-refractivity contribution is 0.0898. The molecule has 9 nitrogen and oxygen atoms in total. The highest BCUT2D eigenvalue weighted by Crippen LogP contribution is 2.20. The van der Waals surface area contributed by atoms with E-state index in [1.807, 2.05) is 6.20 Å². The zero-order chi connectivity index (χ0) is 20.1. The highest BCUT2D eigenvalue weighted by molar-refractivity contribution is 14.1. The second-order valence-corrected chi connectivity index (χ2v) is 7.60. The minimum atomic E-state index is -0.538. The van der Waals surface area contributed by atoms with Crippen molar-refractivity contribution in [2.24, 2.45) is 0 Å². The molecule has 0 unspecified atom stereocenters. The van der Waals surface area contributed by atoms with Gasteiger partial charge in [0.25, 0.3) is 5.91 Å². The number of rotatable bonds is 7. The molecule has 0 saturated heterocycles. The predicted octanol–water partition coefficient (Wildman–Crippen LogP) is 2.39. The molecule has 3 rings (SSSR count). The van der Waals surface area contributed by atoms with E-state index < -0.39 is 11.8 Å². The summed E-state index contributed by atoms with van der Waals surface area (Å²) < 4.78 is 7.55. The Balaban J connectivity index is 1.45. The van der Waals surface area contributed by atoms with Gasteiger partial charge in [0.1, 0.15) is 6.54 Å². The van der Waals surface area contributed by atoms with Crippen molar-refractivity contribution in [2.45, 2.75) is 6.54 Å². The van der Waals surface area contributed by atoms with Gasteiger partial charge in [0.15, 0.2) is 5.82 Å². The topological polar surface area (TPSA) is 115 Å². The van der Waals surface area contributed by atoms with E-state index in [1.165, 1.54) is 12.1 Å². The fourth-order valence-corrected chi connectivity index (χ4v) is 3.00. The van der Waals surface area contributed by atoms with Crippen molar-refractivity contribution >= 4 is 57.6 Å². The van der Waals surface area contributed by atoms with Crippen LogP contribution in [0.15, 0.2) is 35.1 Å². The Labute approximate surface area is 182 Å². The molecule has 0 saturated carbocycles. The second-order valence-electron chi connectivity index (χ2n) is 5.51. The molecule has 12 heteroatoms. The van der Waals surface area contributed by atoms with Crippen molar-refractivity contribution in [1.29, 1.82) is 0 Å². The average molecular weight is 535 g/mol. The Morgan fingerprint density at radius 3 is 2.64 bits per heavy atom. The summed E-state index contributed by atoms with van der Waals surface area (Å²) in [5.41, 5.74) is 0.260. The van der Waals surface area contributed by atoms with Gasteiger partial charge in [-0.25, -0.2) is 0 Å². The van der Waals surface area contributed by atoms with Gasteiger partial charge in [-0.1, -0.05) is 28.4 Å². The first-order valence-electron chi connectivity index (χ1n) is 7.94. The van der Waals surface area contributed by atoms with Crippen LogP contribution in [0.1, 0.15) is 26.9 Å². The van der Waals surface area contributed by atoms with Gasteiger partial charge in [-0.3, -0.25) is 14.3 Å². The summed E-state index contributed by atoms with van der Waals surface area (Å²) in [5.74, 6) is -0.769. The van der Waals surface area contributed by atoms with Crippen LogP contribution in [0.4, 0.5) is 0 Å². The van der Waals surface area contributed by atoms with Gasteiger partial charge >= 0.3 is 11.8 Å². The van der Waals surface area contributed by atoms with Gasteiger partial charge in [0, 0.05) is 24.3 Å². The molecule has 2 N–H and O–H groups in total. The van der Waals surface area contributed by atoms with Crippen LogP contribution in [-0.4, -0.2) is 44.8 Å². The van der Waals surface area contributed by atoms with Crippen LogP contribution in [0.2, 0.25) is 10.0 Å². The van der Waals surface area contributed by atoms with E-state index >= 15 is 0 Å². The number of aromatic nitrogens is 4. The van der Waals surface area contributed by atoms with E-state index in [9.17, 15) is 9.59 Å². The SMILES string of the molecule is O=C(NCCNC(=O)c1cc(Cl)ccc1Cl)c1nc(Cn2cc(I)cn2)no1. The number of amides is 2. The normalized spacial score (nSPS) is 10.7. The zero-order valence-electron chi connectivity index (χ0n) is 14.2. The Hall–Kier alpha value is -2.18. The predicted molar refractivity (Wildman–Crippen MR) is 109 cm³/mol. The molecular formula is C16H13Cl2IN6O3. The van der Waals surface area contributed by atoms with Crippen molar-refractivity contribution in [3.05, 3.63) is 61.5 Å². The van der Waals surface area contributed by atoms with Crippen LogP contribution in [0.3, 0.4) is 0 Å². The number of nitrogens with zero attached hydrogens (tertiary/aromatic N) is 4. The molecule has 0 radical (unpaired) electrons. The Kier molecular flexibility index (Phi) is 6.86. The van der Waals surface area contributed by atoms with Gasteiger partial charge in [-0.15, -0.1) is 0 Å². The maximum Gasteiger partial charge on any atom is 0.316 e. The molecule has 0 aliphatic heterocycles. The monoisotopic (exact) mass is 534 g/mol. The summed E-state index contributed by atoms with van der Waals surface area (Å²) in [5, 5.41) is 13.8. The standard InChI is InChI=1S/C16H13Cl2IN6O3/c17-9-1-2-12(18)11(5-9)14(26)20-3-4-21-15(27)16-23-13(24-28-16)8-25-7-10(19)6-22-25/h1-2,5-7H,3-4,8H2,(H,20,26)(H,21,27). The molecular weight excluding hydrogens is 522 g/mol. The summed E-state index contributed by atoms with van der Waals surface area (Å²) >= 11 is 14.0. The molecule has 146 valence electrons. The van der Waals surface area contributed by atoms with Crippen LogP contribution >= 0.6 is 45.8 Å². The third-order valence-electron chi connectivity index (χ3n) is 3.44. The van der Waals surface area contributed by atoms with Crippen molar-refractivity contribution in [3.8, 4) is 0 Å². The third-order valence-corrected chi connectivity index (χ3v) is 4.56. The van der Waals surface area contributed by atoms with E-state index in [1.54, 1.807) is 16.9 Å². The molecule has 0 aliphatic rings. The van der Waals surface area contributed by atoms with Gasteiger partial charge in [0.2, 0.25) is 0 Å². The van der Waals surface area contributed by atoms with Crippen LogP contribution in [0.5, 0.6) is 0 Å². The summed E-state index contributed by atoms with van der Waals surface area (Å²) in [6.45, 7) is 0.633. The lowest BCUT2D eigenvalue weighted by atomic mass is 10.2. The van der Waals surface area contributed by atoms with E-state index in [2.05, 4.69) is 48.5 Å². The number of benzene rings is 1. The summed E-state index contributed by atoms with van der Waals surface area (Å²) in [4.78, 5) is 28.2. The van der Waals surface area contributed by atoms with Crippen LogP contribution in [-0.2, 0) is 6.54 Å². The molecule has 3 aromatic rings. The Morgan fingerprint density at radius 2 is 1.93 bits per heavy atom. The molecule has 2 amide bonds. The van der Waals surface area contributed by atoms with Crippen molar-refractivity contribution in [2.75, 3.05) is 13.1 Å². The summed E-state index contributed by atoms with van der Waals surface area (Å²) in [7, 11) is 0. The molecule has 0 bridgehead atoms. The summed E-state index contributed by atoms with van der Waals surface area (Å²) in [6.07, 6.45) is 3.50.